The molecule has 0 bridgehead atoms. The van der Waals surface area contributed by atoms with Gasteiger partial charge in [0.2, 0.25) is 0 Å². The quantitative estimate of drug-likeness (QED) is 0.255. The number of hydrogen-bond acceptors (Lipinski definition) is 4. The summed E-state index contributed by atoms with van der Waals surface area (Å²) >= 11 is 0. The van der Waals surface area contributed by atoms with Crippen LogP contribution in [0.15, 0.2) is 18.2 Å². The fraction of sp³-hybridized carbons (Fsp3) is 0. The maximum Gasteiger partial charge on any atom is 1.00 e. The Morgan fingerprint density at radius 3 is 2.08 bits per heavy atom. The molecular formula is C6H3NNa2O4. The second-order valence-corrected chi connectivity index (χ2v) is 1.89. The molecule has 0 atom stereocenters. The Hall–Kier alpha value is 0.220. The summed E-state index contributed by atoms with van der Waals surface area (Å²) < 4.78 is 0. The number of nitro benzene ring substituents is 1. The molecule has 0 fully saturated rings. The smallest absolute Gasteiger partial charge is 0.872 e. The summed E-state index contributed by atoms with van der Waals surface area (Å²) in [6.45, 7) is 0. The van der Waals surface area contributed by atoms with Crippen LogP contribution in [0.5, 0.6) is 11.5 Å². The molecule has 0 aliphatic heterocycles. The van der Waals surface area contributed by atoms with Crippen LogP contribution in [-0.4, -0.2) is 4.92 Å². The van der Waals surface area contributed by atoms with Crippen LogP contribution in [0.2, 0.25) is 0 Å². The van der Waals surface area contributed by atoms with Crippen LogP contribution >= 0.6 is 0 Å². The van der Waals surface area contributed by atoms with E-state index in [-0.39, 0.29) is 59.1 Å². The SMILES string of the molecule is O=[N+]([O-])c1ccc([O-])cc1[O-].[Na+].[Na+]. The molecule has 0 saturated carbocycles. The zero-order valence-corrected chi connectivity index (χ0v) is 11.3. The summed E-state index contributed by atoms with van der Waals surface area (Å²) in [5.41, 5.74) is -0.565. The maximum atomic E-state index is 10.6. The minimum atomic E-state index is -0.845. The van der Waals surface area contributed by atoms with E-state index in [1.165, 1.54) is 0 Å². The van der Waals surface area contributed by atoms with Gasteiger partial charge in [-0.1, -0.05) is 12.1 Å². The summed E-state index contributed by atoms with van der Waals surface area (Å²) in [6.07, 6.45) is 0. The average molecular weight is 199 g/mol. The van der Waals surface area contributed by atoms with E-state index >= 15 is 0 Å². The third-order valence-corrected chi connectivity index (χ3v) is 1.13. The summed E-state index contributed by atoms with van der Waals surface area (Å²) in [4.78, 5) is 9.22. The van der Waals surface area contributed by atoms with Gasteiger partial charge in [-0.05, 0) is 5.75 Å². The van der Waals surface area contributed by atoms with Crippen LogP contribution in [0.4, 0.5) is 5.69 Å². The van der Waals surface area contributed by atoms with Crippen molar-refractivity contribution in [3.63, 3.8) is 0 Å². The summed E-state index contributed by atoms with van der Waals surface area (Å²) in [5, 5.41) is 31.1. The topological polar surface area (TPSA) is 89.3 Å². The van der Waals surface area contributed by atoms with Gasteiger partial charge in [-0.25, -0.2) is 0 Å². The number of nitrogens with zero attached hydrogens (tertiary/aromatic N) is 1. The fourth-order valence-electron chi connectivity index (χ4n) is 0.645. The van der Waals surface area contributed by atoms with Gasteiger partial charge in [0.15, 0.2) is 0 Å². The predicted octanol–water partition coefficient (Wildman–Crippen LogP) is -6.25. The first-order valence-electron chi connectivity index (χ1n) is 2.74. The minimum absolute atomic E-state index is 0. The van der Waals surface area contributed by atoms with Crippen molar-refractivity contribution in [2.24, 2.45) is 0 Å². The first-order valence-corrected chi connectivity index (χ1v) is 2.74. The zero-order chi connectivity index (χ0) is 8.43. The van der Waals surface area contributed by atoms with E-state index in [9.17, 15) is 20.3 Å². The van der Waals surface area contributed by atoms with Gasteiger partial charge < -0.3 is 10.2 Å². The molecule has 0 radical (unpaired) electrons. The predicted molar refractivity (Wildman–Crippen MR) is 32.0 cm³/mol. The molecule has 0 aromatic heterocycles. The van der Waals surface area contributed by atoms with E-state index in [0.717, 1.165) is 12.1 Å². The number of nitro groups is 1. The molecule has 0 spiro atoms. The van der Waals surface area contributed by atoms with Gasteiger partial charge in [-0.2, -0.15) is 0 Å². The Morgan fingerprint density at radius 2 is 1.69 bits per heavy atom. The Balaban J connectivity index is 0. The van der Waals surface area contributed by atoms with Gasteiger partial charge in [0.05, 0.1) is 4.92 Å². The van der Waals surface area contributed by atoms with Crippen LogP contribution in [-0.2, 0) is 0 Å². The Labute approximate surface area is 118 Å². The third-order valence-electron chi connectivity index (χ3n) is 1.13. The monoisotopic (exact) mass is 199 g/mol. The van der Waals surface area contributed by atoms with Gasteiger partial charge in [0.1, 0.15) is 0 Å². The summed E-state index contributed by atoms with van der Waals surface area (Å²) in [7, 11) is 0. The Kier molecular flexibility index (Phi) is 8.01. The Bertz CT molecular complexity index is 305. The van der Waals surface area contributed by atoms with Crippen LogP contribution in [0.25, 0.3) is 0 Å². The second-order valence-electron chi connectivity index (χ2n) is 1.89. The van der Waals surface area contributed by atoms with Crippen molar-refractivity contribution >= 4 is 5.69 Å². The van der Waals surface area contributed by atoms with E-state index < -0.39 is 22.1 Å². The molecule has 0 aliphatic rings. The van der Waals surface area contributed by atoms with Gasteiger partial charge in [0, 0.05) is 6.07 Å². The molecule has 58 valence electrons. The fourth-order valence-corrected chi connectivity index (χ4v) is 0.645. The summed E-state index contributed by atoms with van der Waals surface area (Å²) in [6, 6.07) is 2.59. The number of hydrogen-bond donors (Lipinski definition) is 0. The van der Waals surface area contributed by atoms with Crippen LogP contribution in [0.3, 0.4) is 0 Å². The largest absolute Gasteiger partial charge is 1.00 e. The van der Waals surface area contributed by atoms with Gasteiger partial charge >= 0.3 is 59.1 Å². The molecule has 1 aromatic carbocycles. The van der Waals surface area contributed by atoms with E-state index in [0.29, 0.717) is 6.07 Å². The molecule has 0 unspecified atom stereocenters. The molecule has 1 aromatic rings. The Morgan fingerprint density at radius 1 is 1.15 bits per heavy atom. The van der Waals surface area contributed by atoms with Crippen molar-refractivity contribution in [3.05, 3.63) is 28.3 Å². The molecule has 0 aliphatic carbocycles. The van der Waals surface area contributed by atoms with Crippen molar-refractivity contribution in [2.45, 2.75) is 0 Å². The third kappa shape index (κ3) is 4.30. The van der Waals surface area contributed by atoms with E-state index in [1.54, 1.807) is 0 Å². The van der Waals surface area contributed by atoms with Crippen molar-refractivity contribution in [1.29, 1.82) is 0 Å². The van der Waals surface area contributed by atoms with Crippen LogP contribution < -0.4 is 69.3 Å². The molecule has 13 heavy (non-hydrogen) atoms. The van der Waals surface area contributed by atoms with E-state index in [2.05, 4.69) is 0 Å². The minimum Gasteiger partial charge on any atom is -0.872 e. The van der Waals surface area contributed by atoms with Gasteiger partial charge in [-0.15, -0.1) is 5.75 Å². The normalized spacial score (nSPS) is 8.00. The van der Waals surface area contributed by atoms with Crippen molar-refractivity contribution in [2.75, 3.05) is 0 Å². The standard InChI is InChI=1S/C6H5NO4.2Na/c8-4-1-2-5(7(10)11)6(9)3-4;;/h1-3,8-9H;;/q;2*+1/p-2. The second kappa shape index (κ2) is 6.64. The van der Waals surface area contributed by atoms with E-state index in [4.69, 9.17) is 0 Å². The van der Waals surface area contributed by atoms with Gasteiger partial charge in [-0.3, -0.25) is 10.1 Å². The molecule has 0 N–H and O–H groups in total. The molecule has 0 amide bonds. The van der Waals surface area contributed by atoms with Crippen molar-refractivity contribution < 1.29 is 74.3 Å². The number of benzene rings is 1. The van der Waals surface area contributed by atoms with Crippen LogP contribution in [0, 0.1) is 10.1 Å². The van der Waals surface area contributed by atoms with E-state index in [1.807, 2.05) is 0 Å². The van der Waals surface area contributed by atoms with Crippen molar-refractivity contribution in [3.8, 4) is 11.5 Å². The molecule has 5 nitrogen and oxygen atoms in total. The van der Waals surface area contributed by atoms with Gasteiger partial charge in [0.25, 0.3) is 5.69 Å². The number of rotatable bonds is 1. The van der Waals surface area contributed by atoms with Crippen molar-refractivity contribution in [1.82, 2.24) is 0 Å². The molecule has 7 heteroatoms. The molecular weight excluding hydrogens is 196 g/mol. The average Bonchev–Trinajstić information content (AvgIpc) is 1.85. The maximum absolute atomic E-state index is 10.6. The molecule has 0 heterocycles. The summed E-state index contributed by atoms with van der Waals surface area (Å²) in [5.74, 6) is -1.36. The molecule has 1 rings (SSSR count). The van der Waals surface area contributed by atoms with Crippen LogP contribution in [0.1, 0.15) is 0 Å². The zero-order valence-electron chi connectivity index (χ0n) is 7.31. The molecule has 0 saturated heterocycles. The first-order chi connectivity index (χ1) is 5.11. The first kappa shape index (κ1) is 15.7.